The quantitative estimate of drug-likeness (QED) is 0.805. The minimum atomic E-state index is -0.0453. The van der Waals surface area contributed by atoms with Crippen LogP contribution in [0.5, 0.6) is 0 Å². The van der Waals surface area contributed by atoms with Crippen molar-refractivity contribution in [1.82, 2.24) is 15.1 Å². The van der Waals surface area contributed by atoms with Crippen LogP contribution in [-0.4, -0.2) is 21.9 Å². The third-order valence-electron chi connectivity index (χ3n) is 3.54. The fourth-order valence-corrected chi connectivity index (χ4v) is 2.30. The Kier molecular flexibility index (Phi) is 5.45. The Balaban J connectivity index is 2.95. The minimum absolute atomic E-state index is 0.0453. The van der Waals surface area contributed by atoms with E-state index >= 15 is 0 Å². The van der Waals surface area contributed by atoms with E-state index in [0.29, 0.717) is 0 Å². The number of rotatable bonds is 6. The van der Waals surface area contributed by atoms with Crippen molar-refractivity contribution in [3.05, 3.63) is 29.1 Å². The zero-order valence-electron chi connectivity index (χ0n) is 13.7. The SMILES string of the molecule is C=CC(C)(CNC(C)(C)C)Cc1c(Cl)c(C)nn1CC. The number of aromatic nitrogens is 2. The molecule has 1 atom stereocenters. The van der Waals surface area contributed by atoms with Crippen molar-refractivity contribution in [2.45, 2.75) is 60.0 Å². The van der Waals surface area contributed by atoms with Gasteiger partial charge in [0.25, 0.3) is 0 Å². The summed E-state index contributed by atoms with van der Waals surface area (Å²) in [6, 6.07) is 0. The Hall–Kier alpha value is -0.800. The van der Waals surface area contributed by atoms with E-state index in [1.54, 1.807) is 0 Å². The van der Waals surface area contributed by atoms with Gasteiger partial charge in [0, 0.05) is 30.5 Å². The van der Waals surface area contributed by atoms with Gasteiger partial charge in [0.05, 0.1) is 16.4 Å². The Morgan fingerprint density at radius 3 is 2.40 bits per heavy atom. The first-order chi connectivity index (χ1) is 9.12. The molecule has 114 valence electrons. The number of halogens is 1. The van der Waals surface area contributed by atoms with Gasteiger partial charge >= 0.3 is 0 Å². The van der Waals surface area contributed by atoms with Crippen LogP contribution in [0.3, 0.4) is 0 Å². The number of aryl methyl sites for hydroxylation is 2. The molecule has 1 rings (SSSR count). The molecule has 1 heterocycles. The largest absolute Gasteiger partial charge is 0.311 e. The first-order valence-corrected chi connectivity index (χ1v) is 7.60. The maximum absolute atomic E-state index is 6.41. The Labute approximate surface area is 128 Å². The molecule has 0 radical (unpaired) electrons. The first kappa shape index (κ1) is 17.3. The fraction of sp³-hybridized carbons (Fsp3) is 0.688. The molecule has 0 spiro atoms. The third-order valence-corrected chi connectivity index (χ3v) is 4.03. The smallest absolute Gasteiger partial charge is 0.0847 e. The van der Waals surface area contributed by atoms with Gasteiger partial charge in [-0.3, -0.25) is 4.68 Å². The second kappa shape index (κ2) is 6.31. The van der Waals surface area contributed by atoms with E-state index in [-0.39, 0.29) is 11.0 Å². The summed E-state index contributed by atoms with van der Waals surface area (Å²) in [5.74, 6) is 0. The predicted octanol–water partition coefficient (Wildman–Crippen LogP) is 3.99. The molecule has 0 saturated heterocycles. The Morgan fingerprint density at radius 2 is 1.95 bits per heavy atom. The Morgan fingerprint density at radius 1 is 1.35 bits per heavy atom. The molecule has 0 bridgehead atoms. The van der Waals surface area contributed by atoms with E-state index in [2.05, 4.69) is 51.6 Å². The van der Waals surface area contributed by atoms with Crippen molar-refractivity contribution in [2.24, 2.45) is 5.41 Å². The van der Waals surface area contributed by atoms with Gasteiger partial charge < -0.3 is 5.32 Å². The van der Waals surface area contributed by atoms with E-state index in [4.69, 9.17) is 11.6 Å². The van der Waals surface area contributed by atoms with Crippen molar-refractivity contribution in [2.75, 3.05) is 6.54 Å². The van der Waals surface area contributed by atoms with Crippen LogP contribution in [0.1, 0.15) is 46.0 Å². The van der Waals surface area contributed by atoms with Gasteiger partial charge in [-0.15, -0.1) is 6.58 Å². The molecule has 0 aliphatic heterocycles. The molecule has 0 fully saturated rings. The molecular weight excluding hydrogens is 270 g/mol. The third kappa shape index (κ3) is 4.35. The number of hydrogen-bond donors (Lipinski definition) is 1. The van der Waals surface area contributed by atoms with Crippen molar-refractivity contribution < 1.29 is 0 Å². The van der Waals surface area contributed by atoms with E-state index in [9.17, 15) is 0 Å². The summed E-state index contributed by atoms with van der Waals surface area (Å²) < 4.78 is 2.00. The molecule has 1 aromatic heterocycles. The zero-order chi connectivity index (χ0) is 15.6. The van der Waals surface area contributed by atoms with Crippen LogP contribution >= 0.6 is 11.6 Å². The monoisotopic (exact) mass is 297 g/mol. The molecule has 1 N–H and O–H groups in total. The molecule has 0 saturated carbocycles. The lowest BCUT2D eigenvalue weighted by Crippen LogP contribution is -2.43. The first-order valence-electron chi connectivity index (χ1n) is 7.22. The van der Waals surface area contributed by atoms with Crippen LogP contribution < -0.4 is 5.32 Å². The average molecular weight is 298 g/mol. The van der Waals surface area contributed by atoms with Crippen LogP contribution in [0, 0.1) is 12.3 Å². The highest BCUT2D eigenvalue weighted by molar-refractivity contribution is 6.31. The standard InChI is InChI=1S/C16H28ClN3/c1-8-16(7,11-18-15(4,5)6)10-13-14(17)12(3)19-20(13)9-2/h8,18H,1,9-11H2,2-7H3. The summed E-state index contributed by atoms with van der Waals surface area (Å²) >= 11 is 6.41. The molecule has 0 amide bonds. The van der Waals surface area contributed by atoms with Gasteiger partial charge in [-0.25, -0.2) is 0 Å². The molecule has 0 aliphatic rings. The maximum atomic E-state index is 6.41. The summed E-state index contributed by atoms with van der Waals surface area (Å²) in [7, 11) is 0. The summed E-state index contributed by atoms with van der Waals surface area (Å²) in [6.45, 7) is 18.5. The van der Waals surface area contributed by atoms with Gasteiger partial charge in [-0.1, -0.05) is 24.6 Å². The zero-order valence-corrected chi connectivity index (χ0v) is 14.4. The van der Waals surface area contributed by atoms with E-state index in [0.717, 1.165) is 35.9 Å². The van der Waals surface area contributed by atoms with Crippen LogP contribution in [0.25, 0.3) is 0 Å². The Bertz CT molecular complexity index is 471. The van der Waals surface area contributed by atoms with Gasteiger partial charge in [0.2, 0.25) is 0 Å². The van der Waals surface area contributed by atoms with Crippen LogP contribution in [-0.2, 0) is 13.0 Å². The van der Waals surface area contributed by atoms with Crippen molar-refractivity contribution in [1.29, 1.82) is 0 Å². The molecule has 3 nitrogen and oxygen atoms in total. The van der Waals surface area contributed by atoms with Gasteiger partial charge in [0.15, 0.2) is 0 Å². The molecule has 0 aromatic carbocycles. The van der Waals surface area contributed by atoms with Gasteiger partial charge in [-0.2, -0.15) is 5.10 Å². The molecular formula is C16H28ClN3. The molecule has 0 aliphatic carbocycles. The maximum Gasteiger partial charge on any atom is 0.0847 e. The van der Waals surface area contributed by atoms with Crippen LogP contribution in [0.2, 0.25) is 5.02 Å². The number of nitrogens with one attached hydrogen (secondary N) is 1. The van der Waals surface area contributed by atoms with Crippen LogP contribution in [0.15, 0.2) is 12.7 Å². The fourth-order valence-electron chi connectivity index (χ4n) is 2.09. The normalized spacial score (nSPS) is 15.2. The lowest BCUT2D eigenvalue weighted by Gasteiger charge is -2.31. The van der Waals surface area contributed by atoms with Gasteiger partial charge in [-0.05, 0) is 34.6 Å². The lowest BCUT2D eigenvalue weighted by atomic mass is 9.84. The highest BCUT2D eigenvalue weighted by Gasteiger charge is 2.27. The van der Waals surface area contributed by atoms with Crippen molar-refractivity contribution >= 4 is 11.6 Å². The molecule has 1 unspecified atom stereocenters. The average Bonchev–Trinajstić information content (AvgIpc) is 2.63. The molecule has 1 aromatic rings. The molecule has 20 heavy (non-hydrogen) atoms. The predicted molar refractivity (Wildman–Crippen MR) is 87.4 cm³/mol. The van der Waals surface area contributed by atoms with E-state index in [1.807, 2.05) is 17.7 Å². The number of nitrogens with zero attached hydrogens (tertiary/aromatic N) is 2. The van der Waals surface area contributed by atoms with Gasteiger partial charge in [0.1, 0.15) is 0 Å². The number of hydrogen-bond acceptors (Lipinski definition) is 2. The minimum Gasteiger partial charge on any atom is -0.311 e. The summed E-state index contributed by atoms with van der Waals surface area (Å²) in [5, 5.41) is 8.83. The summed E-state index contributed by atoms with van der Waals surface area (Å²) in [4.78, 5) is 0. The lowest BCUT2D eigenvalue weighted by molar-refractivity contribution is 0.317. The highest BCUT2D eigenvalue weighted by Crippen LogP contribution is 2.29. The van der Waals surface area contributed by atoms with E-state index in [1.165, 1.54) is 0 Å². The van der Waals surface area contributed by atoms with E-state index < -0.39 is 0 Å². The topological polar surface area (TPSA) is 29.9 Å². The highest BCUT2D eigenvalue weighted by atomic mass is 35.5. The van der Waals surface area contributed by atoms with Crippen LogP contribution in [0.4, 0.5) is 0 Å². The molecule has 4 heteroatoms. The van der Waals surface area contributed by atoms with Crippen molar-refractivity contribution in [3.63, 3.8) is 0 Å². The van der Waals surface area contributed by atoms with Crippen molar-refractivity contribution in [3.8, 4) is 0 Å². The second-order valence-electron chi connectivity index (χ2n) is 6.80. The summed E-state index contributed by atoms with van der Waals surface area (Å²) in [6.07, 6.45) is 2.86. The second-order valence-corrected chi connectivity index (χ2v) is 7.18. The summed E-state index contributed by atoms with van der Waals surface area (Å²) in [5.41, 5.74) is 2.05.